The van der Waals surface area contributed by atoms with Crippen molar-refractivity contribution in [2.45, 2.75) is 6.92 Å². The van der Waals surface area contributed by atoms with Crippen LogP contribution in [0.4, 0.5) is 0 Å². The molecule has 1 rings (SSSR count). The first kappa shape index (κ1) is 9.51. The van der Waals surface area contributed by atoms with E-state index in [1.165, 1.54) is 7.11 Å². The van der Waals surface area contributed by atoms with Gasteiger partial charge in [-0.1, -0.05) is 0 Å². The number of carbonyl (C=O) groups is 1. The molecule has 0 unspecified atom stereocenters. The number of ether oxygens (including phenoxy) is 2. The van der Waals surface area contributed by atoms with Gasteiger partial charge in [-0.05, 0) is 19.1 Å². The van der Waals surface area contributed by atoms with Crippen molar-refractivity contribution in [1.29, 1.82) is 0 Å². The number of hydrogen-bond donors (Lipinski definition) is 0. The standard InChI is InChI=1S/C9H11NO3/c1-3-13-8-7(9(11)12-2)5-4-6-10-8/h4-6H,3H2,1-2H3. The fourth-order valence-corrected chi connectivity index (χ4v) is 0.908. The van der Waals surface area contributed by atoms with Crippen LogP contribution in [0, 0.1) is 0 Å². The second-order valence-corrected chi connectivity index (χ2v) is 2.28. The van der Waals surface area contributed by atoms with E-state index < -0.39 is 5.97 Å². The second kappa shape index (κ2) is 4.45. The Kier molecular flexibility index (Phi) is 3.25. The fourth-order valence-electron chi connectivity index (χ4n) is 0.908. The molecule has 0 saturated heterocycles. The molecule has 70 valence electrons. The molecular formula is C9H11NO3. The maximum atomic E-state index is 11.2. The van der Waals surface area contributed by atoms with Gasteiger partial charge in [0.05, 0.1) is 13.7 Å². The van der Waals surface area contributed by atoms with Crippen molar-refractivity contribution in [1.82, 2.24) is 4.98 Å². The quantitative estimate of drug-likeness (QED) is 0.659. The number of nitrogens with zero attached hydrogens (tertiary/aromatic N) is 1. The average Bonchev–Trinajstić information content (AvgIpc) is 2.18. The normalized spacial score (nSPS) is 9.38. The van der Waals surface area contributed by atoms with E-state index >= 15 is 0 Å². The van der Waals surface area contributed by atoms with E-state index in [2.05, 4.69) is 9.72 Å². The Morgan fingerprint density at radius 3 is 3.00 bits per heavy atom. The molecule has 0 aliphatic carbocycles. The number of hydrogen-bond acceptors (Lipinski definition) is 4. The van der Waals surface area contributed by atoms with Gasteiger partial charge in [-0.25, -0.2) is 9.78 Å². The van der Waals surface area contributed by atoms with Crippen LogP contribution in [0.25, 0.3) is 0 Å². The van der Waals surface area contributed by atoms with Crippen LogP contribution in [0.5, 0.6) is 5.88 Å². The summed E-state index contributed by atoms with van der Waals surface area (Å²) in [5, 5.41) is 0. The predicted octanol–water partition coefficient (Wildman–Crippen LogP) is 1.27. The van der Waals surface area contributed by atoms with E-state index in [0.29, 0.717) is 18.1 Å². The van der Waals surface area contributed by atoms with Crippen LogP contribution in [-0.4, -0.2) is 24.7 Å². The van der Waals surface area contributed by atoms with Crippen molar-refractivity contribution in [2.24, 2.45) is 0 Å². The summed E-state index contributed by atoms with van der Waals surface area (Å²) < 4.78 is 9.71. The van der Waals surface area contributed by atoms with Crippen molar-refractivity contribution >= 4 is 5.97 Å². The average molecular weight is 181 g/mol. The van der Waals surface area contributed by atoms with E-state index in [1.54, 1.807) is 18.3 Å². The Morgan fingerprint density at radius 1 is 1.62 bits per heavy atom. The number of rotatable bonds is 3. The van der Waals surface area contributed by atoms with Gasteiger partial charge in [-0.3, -0.25) is 0 Å². The molecule has 1 aromatic rings. The van der Waals surface area contributed by atoms with E-state index in [-0.39, 0.29) is 0 Å². The molecule has 0 aliphatic rings. The van der Waals surface area contributed by atoms with E-state index in [0.717, 1.165) is 0 Å². The molecule has 0 spiro atoms. The molecule has 1 heterocycles. The first-order valence-electron chi connectivity index (χ1n) is 3.95. The third-order valence-electron chi connectivity index (χ3n) is 1.46. The number of pyridine rings is 1. The van der Waals surface area contributed by atoms with Gasteiger partial charge in [0.25, 0.3) is 0 Å². The van der Waals surface area contributed by atoms with Gasteiger partial charge >= 0.3 is 5.97 Å². The molecule has 0 saturated carbocycles. The van der Waals surface area contributed by atoms with Crippen LogP contribution in [0.2, 0.25) is 0 Å². The maximum Gasteiger partial charge on any atom is 0.343 e. The van der Waals surface area contributed by atoms with Crippen LogP contribution >= 0.6 is 0 Å². The summed E-state index contributed by atoms with van der Waals surface area (Å²) in [5.41, 5.74) is 0.354. The van der Waals surface area contributed by atoms with Gasteiger partial charge in [0.2, 0.25) is 5.88 Å². The largest absolute Gasteiger partial charge is 0.477 e. The number of carbonyl (C=O) groups excluding carboxylic acids is 1. The van der Waals surface area contributed by atoms with Crippen LogP contribution < -0.4 is 4.74 Å². The molecule has 0 N–H and O–H groups in total. The fraction of sp³-hybridized carbons (Fsp3) is 0.333. The van der Waals surface area contributed by atoms with Gasteiger partial charge in [0.1, 0.15) is 5.56 Å². The van der Waals surface area contributed by atoms with Crippen molar-refractivity contribution in [3.8, 4) is 5.88 Å². The number of esters is 1. The van der Waals surface area contributed by atoms with E-state index in [9.17, 15) is 4.79 Å². The second-order valence-electron chi connectivity index (χ2n) is 2.28. The minimum Gasteiger partial charge on any atom is -0.477 e. The van der Waals surface area contributed by atoms with Gasteiger partial charge < -0.3 is 9.47 Å². The summed E-state index contributed by atoms with van der Waals surface area (Å²) in [7, 11) is 1.32. The van der Waals surface area contributed by atoms with Gasteiger partial charge in [-0.15, -0.1) is 0 Å². The summed E-state index contributed by atoms with van der Waals surface area (Å²) in [6.07, 6.45) is 1.57. The summed E-state index contributed by atoms with van der Waals surface area (Å²) in [6, 6.07) is 3.28. The first-order chi connectivity index (χ1) is 6.29. The third kappa shape index (κ3) is 2.18. The van der Waals surface area contributed by atoms with Crippen LogP contribution in [0.1, 0.15) is 17.3 Å². The molecule has 1 aromatic heterocycles. The van der Waals surface area contributed by atoms with Crippen molar-refractivity contribution in [3.05, 3.63) is 23.9 Å². The molecule has 0 amide bonds. The molecule has 13 heavy (non-hydrogen) atoms. The van der Waals surface area contributed by atoms with Crippen molar-refractivity contribution in [3.63, 3.8) is 0 Å². The highest BCUT2D eigenvalue weighted by Gasteiger charge is 2.12. The minimum absolute atomic E-state index is 0.317. The lowest BCUT2D eigenvalue weighted by atomic mass is 10.3. The lowest BCUT2D eigenvalue weighted by Gasteiger charge is -2.05. The summed E-state index contributed by atoms with van der Waals surface area (Å²) >= 11 is 0. The molecule has 0 atom stereocenters. The topological polar surface area (TPSA) is 48.4 Å². The molecule has 0 fully saturated rings. The van der Waals surface area contributed by atoms with Gasteiger partial charge in [0.15, 0.2) is 0 Å². The van der Waals surface area contributed by atoms with Crippen molar-refractivity contribution in [2.75, 3.05) is 13.7 Å². The van der Waals surface area contributed by atoms with Crippen molar-refractivity contribution < 1.29 is 14.3 Å². The zero-order valence-electron chi connectivity index (χ0n) is 7.61. The first-order valence-corrected chi connectivity index (χ1v) is 3.95. The van der Waals surface area contributed by atoms with E-state index in [1.807, 2.05) is 6.92 Å². The molecule has 0 aromatic carbocycles. The van der Waals surface area contributed by atoms with E-state index in [4.69, 9.17) is 4.74 Å². The molecule has 4 nitrogen and oxygen atoms in total. The highest BCUT2D eigenvalue weighted by Crippen LogP contribution is 2.14. The Morgan fingerprint density at radius 2 is 2.38 bits per heavy atom. The SMILES string of the molecule is CCOc1ncccc1C(=O)OC. The Balaban J connectivity index is 2.97. The van der Waals surface area contributed by atoms with Crippen LogP contribution in [0.15, 0.2) is 18.3 Å². The predicted molar refractivity (Wildman–Crippen MR) is 46.7 cm³/mol. The zero-order chi connectivity index (χ0) is 9.68. The van der Waals surface area contributed by atoms with Gasteiger partial charge in [-0.2, -0.15) is 0 Å². The Hall–Kier alpha value is -1.58. The molecular weight excluding hydrogens is 170 g/mol. The lowest BCUT2D eigenvalue weighted by molar-refractivity contribution is 0.0595. The number of methoxy groups -OCH3 is 1. The zero-order valence-corrected chi connectivity index (χ0v) is 7.61. The lowest BCUT2D eigenvalue weighted by Crippen LogP contribution is -2.06. The number of aromatic nitrogens is 1. The Labute approximate surface area is 76.5 Å². The summed E-state index contributed by atoms with van der Waals surface area (Å²) in [5.74, 6) is -0.117. The van der Waals surface area contributed by atoms with Crippen LogP contribution in [-0.2, 0) is 4.74 Å². The summed E-state index contributed by atoms with van der Waals surface area (Å²) in [6.45, 7) is 2.30. The minimum atomic E-state index is -0.434. The molecule has 0 radical (unpaired) electrons. The third-order valence-corrected chi connectivity index (χ3v) is 1.46. The Bertz CT molecular complexity index is 299. The molecule has 4 heteroatoms. The summed E-state index contributed by atoms with van der Waals surface area (Å²) in [4.78, 5) is 15.1. The highest BCUT2D eigenvalue weighted by molar-refractivity contribution is 5.91. The monoisotopic (exact) mass is 181 g/mol. The maximum absolute atomic E-state index is 11.2. The highest BCUT2D eigenvalue weighted by atomic mass is 16.5. The van der Waals surface area contributed by atoms with Crippen LogP contribution in [0.3, 0.4) is 0 Å². The molecule has 0 bridgehead atoms. The van der Waals surface area contributed by atoms with Gasteiger partial charge in [0, 0.05) is 6.20 Å². The molecule has 0 aliphatic heterocycles. The smallest absolute Gasteiger partial charge is 0.343 e.